The van der Waals surface area contributed by atoms with Crippen LogP contribution in [0.3, 0.4) is 0 Å². The van der Waals surface area contributed by atoms with Crippen LogP contribution < -0.4 is 5.32 Å². The van der Waals surface area contributed by atoms with E-state index in [1.807, 2.05) is 25.1 Å². The lowest BCUT2D eigenvalue weighted by molar-refractivity contribution is 0.103. The number of benzene rings is 1. The van der Waals surface area contributed by atoms with Gasteiger partial charge in [-0.25, -0.2) is 0 Å². The molecule has 96 valence electrons. The highest BCUT2D eigenvalue weighted by Crippen LogP contribution is 2.19. The van der Waals surface area contributed by atoms with Crippen molar-refractivity contribution in [3.05, 3.63) is 51.7 Å². The molecule has 2 N–H and O–H groups in total. The smallest absolute Gasteiger partial charge is 0.265 e. The van der Waals surface area contributed by atoms with Crippen molar-refractivity contribution in [3.63, 3.8) is 0 Å². The Kier molecular flexibility index (Phi) is 4.35. The van der Waals surface area contributed by atoms with E-state index in [1.54, 1.807) is 18.2 Å². The van der Waals surface area contributed by atoms with Crippen LogP contribution in [0.25, 0.3) is 0 Å². The Labute approximate surface area is 115 Å². The highest BCUT2D eigenvalue weighted by atomic mass is 32.1. The van der Waals surface area contributed by atoms with Gasteiger partial charge < -0.3 is 10.4 Å². The Morgan fingerprint density at radius 3 is 2.79 bits per heavy atom. The van der Waals surface area contributed by atoms with Gasteiger partial charge in [-0.05, 0) is 31.2 Å². The summed E-state index contributed by atoms with van der Waals surface area (Å²) in [7, 11) is 0. The number of para-hydroxylation sites is 1. The van der Waals surface area contributed by atoms with Crippen molar-refractivity contribution in [1.82, 2.24) is 0 Å². The number of hydrogen-bond acceptors (Lipinski definition) is 3. The zero-order valence-corrected chi connectivity index (χ0v) is 11.3. The van der Waals surface area contributed by atoms with Gasteiger partial charge in [0.25, 0.3) is 5.91 Å². The van der Waals surface area contributed by atoms with Crippen molar-refractivity contribution < 1.29 is 9.90 Å². The molecule has 0 fully saturated rings. The number of amides is 1. The van der Waals surface area contributed by atoms with Crippen LogP contribution in [0.4, 0.5) is 5.69 Å². The van der Waals surface area contributed by atoms with Gasteiger partial charge in [-0.2, -0.15) is 0 Å². The molecule has 0 aliphatic heterocycles. The molecule has 0 spiro atoms. The molecule has 0 unspecified atom stereocenters. The van der Waals surface area contributed by atoms with Crippen LogP contribution >= 0.6 is 11.3 Å². The van der Waals surface area contributed by atoms with E-state index in [4.69, 9.17) is 5.11 Å². The fourth-order valence-corrected chi connectivity index (χ4v) is 2.34. The quantitative estimate of drug-likeness (QED) is 0.825. The summed E-state index contributed by atoms with van der Waals surface area (Å²) in [6.45, 7) is 1.76. The monoisotopic (exact) mass is 271 g/mol. The molecule has 0 atom stereocenters. The molecule has 19 heavy (non-hydrogen) atoms. The van der Waals surface area contributed by atoms with Crippen molar-refractivity contribution in [2.45, 2.75) is 6.92 Å². The summed E-state index contributed by atoms with van der Waals surface area (Å²) in [4.78, 5) is 13.8. The van der Waals surface area contributed by atoms with Crippen LogP contribution in [0.5, 0.6) is 0 Å². The van der Waals surface area contributed by atoms with Gasteiger partial charge in [0.15, 0.2) is 0 Å². The molecule has 0 aliphatic carbocycles. The van der Waals surface area contributed by atoms with Crippen LogP contribution in [0, 0.1) is 18.8 Å². The maximum Gasteiger partial charge on any atom is 0.265 e. The minimum atomic E-state index is -0.202. The second kappa shape index (κ2) is 6.19. The van der Waals surface area contributed by atoms with E-state index in [0.29, 0.717) is 16.1 Å². The Balaban J connectivity index is 2.21. The van der Waals surface area contributed by atoms with E-state index in [1.165, 1.54) is 11.3 Å². The third-order valence-electron chi connectivity index (χ3n) is 2.44. The lowest BCUT2D eigenvalue weighted by atomic mass is 10.2. The molecule has 0 bridgehead atoms. The zero-order chi connectivity index (χ0) is 13.7. The van der Waals surface area contributed by atoms with Gasteiger partial charge in [0.2, 0.25) is 0 Å². The van der Waals surface area contributed by atoms with Crippen molar-refractivity contribution in [3.8, 4) is 11.8 Å². The number of rotatable bonds is 2. The summed E-state index contributed by atoms with van der Waals surface area (Å²) in [6.07, 6.45) is 0. The molecule has 2 rings (SSSR count). The average Bonchev–Trinajstić information content (AvgIpc) is 2.84. The molecule has 4 heteroatoms. The predicted octanol–water partition coefficient (Wildman–Crippen LogP) is 2.65. The number of carbonyl (C=O) groups excluding carboxylic acids is 1. The van der Waals surface area contributed by atoms with Crippen molar-refractivity contribution in [2.75, 3.05) is 11.9 Å². The molecule has 0 saturated carbocycles. The van der Waals surface area contributed by atoms with Gasteiger partial charge in [0.1, 0.15) is 6.61 Å². The number of anilines is 1. The summed E-state index contributed by atoms with van der Waals surface area (Å²) in [6, 6.07) is 11.0. The molecular weight excluding hydrogens is 258 g/mol. The summed E-state index contributed by atoms with van der Waals surface area (Å²) in [5.74, 6) is 5.25. The molecule has 3 nitrogen and oxygen atoms in total. The fraction of sp³-hybridized carbons (Fsp3) is 0.133. The van der Waals surface area contributed by atoms with E-state index in [9.17, 15) is 4.79 Å². The number of hydrogen-bond donors (Lipinski definition) is 2. The summed E-state index contributed by atoms with van der Waals surface area (Å²) in [5.41, 5.74) is 1.35. The number of aliphatic hydroxyl groups excluding tert-OH is 1. The fourth-order valence-electron chi connectivity index (χ4n) is 1.58. The minimum Gasteiger partial charge on any atom is -0.384 e. The number of nitrogens with one attached hydrogen (secondary N) is 1. The molecule has 0 radical (unpaired) electrons. The molecule has 1 aromatic carbocycles. The average molecular weight is 271 g/mol. The number of aliphatic hydroxyl groups is 1. The third kappa shape index (κ3) is 3.44. The first kappa shape index (κ1) is 13.3. The van der Waals surface area contributed by atoms with Crippen molar-refractivity contribution >= 4 is 22.9 Å². The first-order valence-electron chi connectivity index (χ1n) is 5.77. The zero-order valence-electron chi connectivity index (χ0n) is 10.4. The molecule has 1 amide bonds. The van der Waals surface area contributed by atoms with E-state index in [-0.39, 0.29) is 12.5 Å². The largest absolute Gasteiger partial charge is 0.384 e. The molecule has 0 saturated heterocycles. The van der Waals surface area contributed by atoms with E-state index >= 15 is 0 Å². The van der Waals surface area contributed by atoms with Gasteiger partial charge in [-0.15, -0.1) is 11.3 Å². The molecule has 1 aromatic heterocycles. The minimum absolute atomic E-state index is 0.142. The lowest BCUT2D eigenvalue weighted by Gasteiger charge is -2.05. The van der Waals surface area contributed by atoms with Gasteiger partial charge >= 0.3 is 0 Å². The predicted molar refractivity (Wildman–Crippen MR) is 77.4 cm³/mol. The standard InChI is InChI=1S/C15H13NO2S/c1-11-8-9-14(19-11)15(18)16-13-7-3-2-5-12(13)6-4-10-17/h2-3,5,7-9,17H,10H2,1H3,(H,16,18). The Hall–Kier alpha value is -2.09. The van der Waals surface area contributed by atoms with Crippen LogP contribution in [0.1, 0.15) is 20.1 Å². The molecule has 2 aromatic rings. The van der Waals surface area contributed by atoms with Crippen molar-refractivity contribution in [2.24, 2.45) is 0 Å². The summed E-state index contributed by atoms with van der Waals surface area (Å²) >= 11 is 1.45. The van der Waals surface area contributed by atoms with Gasteiger partial charge in [-0.3, -0.25) is 4.79 Å². The maximum absolute atomic E-state index is 12.1. The number of carbonyl (C=O) groups is 1. The number of thiophene rings is 1. The van der Waals surface area contributed by atoms with Crippen LogP contribution in [-0.2, 0) is 0 Å². The lowest BCUT2D eigenvalue weighted by Crippen LogP contribution is -2.11. The normalized spacial score (nSPS) is 9.58. The van der Waals surface area contributed by atoms with Gasteiger partial charge in [0, 0.05) is 10.4 Å². The second-order valence-electron chi connectivity index (χ2n) is 3.87. The Morgan fingerprint density at radius 1 is 1.32 bits per heavy atom. The van der Waals surface area contributed by atoms with Crippen LogP contribution in [-0.4, -0.2) is 17.6 Å². The topological polar surface area (TPSA) is 49.3 Å². The molecular formula is C15H13NO2S. The third-order valence-corrected chi connectivity index (χ3v) is 3.44. The Morgan fingerprint density at radius 2 is 2.11 bits per heavy atom. The highest BCUT2D eigenvalue weighted by Gasteiger charge is 2.09. The maximum atomic E-state index is 12.1. The van der Waals surface area contributed by atoms with Crippen molar-refractivity contribution in [1.29, 1.82) is 0 Å². The van der Waals surface area contributed by atoms with E-state index < -0.39 is 0 Å². The first-order valence-corrected chi connectivity index (χ1v) is 6.59. The molecule has 1 heterocycles. The SMILES string of the molecule is Cc1ccc(C(=O)Nc2ccccc2C#CCO)s1. The van der Waals surface area contributed by atoms with Gasteiger partial charge in [0.05, 0.1) is 10.6 Å². The summed E-state index contributed by atoms with van der Waals surface area (Å²) < 4.78 is 0. The highest BCUT2D eigenvalue weighted by molar-refractivity contribution is 7.14. The first-order chi connectivity index (χ1) is 9.20. The second-order valence-corrected chi connectivity index (χ2v) is 5.16. The molecule has 0 aliphatic rings. The van der Waals surface area contributed by atoms with Gasteiger partial charge in [-0.1, -0.05) is 24.0 Å². The Bertz CT molecular complexity index is 649. The van der Waals surface area contributed by atoms with E-state index in [2.05, 4.69) is 17.2 Å². The van der Waals surface area contributed by atoms with Crippen LogP contribution in [0.2, 0.25) is 0 Å². The number of aryl methyl sites for hydroxylation is 1. The van der Waals surface area contributed by atoms with Crippen LogP contribution in [0.15, 0.2) is 36.4 Å². The van der Waals surface area contributed by atoms with E-state index in [0.717, 1.165) is 4.88 Å². The summed E-state index contributed by atoms with van der Waals surface area (Å²) in [5, 5.41) is 11.6.